The molecule has 6 nitrogen and oxygen atoms in total. The molecule has 15 heavy (non-hydrogen) atoms. The van der Waals surface area contributed by atoms with E-state index < -0.39 is 11.9 Å². The van der Waals surface area contributed by atoms with E-state index in [-0.39, 0.29) is 6.03 Å². The topological polar surface area (TPSA) is 78.9 Å². The van der Waals surface area contributed by atoms with Gasteiger partial charge in [-0.05, 0) is 6.92 Å². The fourth-order valence-electron chi connectivity index (χ4n) is 1.29. The van der Waals surface area contributed by atoms with Crippen LogP contribution in [0.25, 0.3) is 0 Å². The van der Waals surface area contributed by atoms with E-state index >= 15 is 0 Å². The lowest BCUT2D eigenvalue weighted by Gasteiger charge is -2.36. The van der Waals surface area contributed by atoms with E-state index in [1.165, 1.54) is 4.90 Å². The van der Waals surface area contributed by atoms with Gasteiger partial charge in [-0.2, -0.15) is 0 Å². The molecule has 0 atom stereocenters. The molecule has 1 saturated heterocycles. The van der Waals surface area contributed by atoms with Crippen LogP contribution in [0.5, 0.6) is 0 Å². The second kappa shape index (κ2) is 5.55. The summed E-state index contributed by atoms with van der Waals surface area (Å²) in [6, 6.07) is -0.216. The number of likely N-dealkylation sites (tertiary alicyclic amines) is 1. The highest BCUT2D eigenvalue weighted by Gasteiger charge is 2.35. The van der Waals surface area contributed by atoms with Gasteiger partial charge in [0.1, 0.15) is 0 Å². The van der Waals surface area contributed by atoms with Crippen molar-refractivity contribution in [2.45, 2.75) is 6.92 Å². The lowest BCUT2D eigenvalue weighted by molar-refractivity contribution is -0.146. The molecule has 0 unspecified atom stereocenters. The van der Waals surface area contributed by atoms with Crippen LogP contribution < -0.4 is 5.32 Å². The van der Waals surface area contributed by atoms with Crippen LogP contribution in [0.1, 0.15) is 6.92 Å². The minimum atomic E-state index is -0.839. The van der Waals surface area contributed by atoms with Crippen LogP contribution in [0, 0.1) is 5.92 Å². The van der Waals surface area contributed by atoms with Crippen molar-refractivity contribution >= 4 is 12.0 Å². The summed E-state index contributed by atoms with van der Waals surface area (Å²) in [5, 5.41) is 11.2. The summed E-state index contributed by atoms with van der Waals surface area (Å²) in [5.74, 6) is -1.24. The molecule has 2 N–H and O–H groups in total. The predicted molar refractivity (Wildman–Crippen MR) is 52.6 cm³/mol. The molecule has 0 aromatic heterocycles. The quantitative estimate of drug-likeness (QED) is 0.621. The molecule has 0 aliphatic carbocycles. The van der Waals surface area contributed by atoms with Crippen molar-refractivity contribution < 1.29 is 19.4 Å². The Balaban J connectivity index is 2.07. The van der Waals surface area contributed by atoms with Gasteiger partial charge in [0.05, 0.1) is 12.5 Å². The van der Waals surface area contributed by atoms with Crippen LogP contribution in [0.2, 0.25) is 0 Å². The highest BCUT2D eigenvalue weighted by molar-refractivity contribution is 5.79. The molecule has 0 bridgehead atoms. The van der Waals surface area contributed by atoms with Gasteiger partial charge in [-0.3, -0.25) is 4.79 Å². The molecule has 0 spiro atoms. The summed E-state index contributed by atoms with van der Waals surface area (Å²) in [7, 11) is 0. The SMILES string of the molecule is CCOCCNC(=O)N1CC(C(=O)O)C1. The third kappa shape index (κ3) is 3.39. The maximum Gasteiger partial charge on any atom is 0.317 e. The number of carboxylic acids is 1. The van der Waals surface area contributed by atoms with Crippen molar-refractivity contribution in [3.05, 3.63) is 0 Å². The highest BCUT2D eigenvalue weighted by atomic mass is 16.5. The Morgan fingerprint density at radius 2 is 2.20 bits per heavy atom. The van der Waals surface area contributed by atoms with Gasteiger partial charge < -0.3 is 20.1 Å². The van der Waals surface area contributed by atoms with Crippen molar-refractivity contribution in [1.82, 2.24) is 10.2 Å². The summed E-state index contributed by atoms with van der Waals surface area (Å²) >= 11 is 0. The van der Waals surface area contributed by atoms with Crippen LogP contribution in [0.15, 0.2) is 0 Å². The minimum absolute atomic E-state index is 0.216. The van der Waals surface area contributed by atoms with Crippen LogP contribution in [0.4, 0.5) is 4.79 Å². The second-order valence-corrected chi connectivity index (χ2v) is 3.37. The lowest BCUT2D eigenvalue weighted by atomic mass is 10.0. The van der Waals surface area contributed by atoms with Crippen LogP contribution >= 0.6 is 0 Å². The van der Waals surface area contributed by atoms with Gasteiger partial charge in [0.2, 0.25) is 0 Å². The smallest absolute Gasteiger partial charge is 0.317 e. The second-order valence-electron chi connectivity index (χ2n) is 3.37. The number of ether oxygens (including phenoxy) is 1. The Morgan fingerprint density at radius 1 is 1.53 bits per heavy atom. The monoisotopic (exact) mass is 216 g/mol. The maximum absolute atomic E-state index is 11.3. The van der Waals surface area contributed by atoms with Crippen molar-refractivity contribution in [2.24, 2.45) is 5.92 Å². The van der Waals surface area contributed by atoms with Crippen molar-refractivity contribution in [3.63, 3.8) is 0 Å². The Bertz CT molecular complexity index is 238. The molecule has 6 heteroatoms. The lowest BCUT2D eigenvalue weighted by Crippen LogP contribution is -2.56. The molecule has 1 fully saturated rings. The Morgan fingerprint density at radius 3 is 2.73 bits per heavy atom. The number of hydrogen-bond acceptors (Lipinski definition) is 3. The number of aliphatic carboxylic acids is 1. The van der Waals surface area contributed by atoms with E-state index in [2.05, 4.69) is 5.32 Å². The average molecular weight is 216 g/mol. The summed E-state index contributed by atoms with van der Waals surface area (Å²) in [6.07, 6.45) is 0. The Hall–Kier alpha value is -1.30. The van der Waals surface area contributed by atoms with Gasteiger partial charge >= 0.3 is 12.0 Å². The van der Waals surface area contributed by atoms with Gasteiger partial charge in [0.25, 0.3) is 0 Å². The predicted octanol–water partition coefficient (Wildman–Crippen LogP) is -0.251. The third-order valence-corrected chi connectivity index (χ3v) is 2.24. The number of nitrogens with one attached hydrogen (secondary N) is 1. The first-order valence-electron chi connectivity index (χ1n) is 4.98. The first kappa shape index (κ1) is 11.8. The van der Waals surface area contributed by atoms with Gasteiger partial charge in [-0.25, -0.2) is 4.79 Å². The van der Waals surface area contributed by atoms with Gasteiger partial charge in [-0.15, -0.1) is 0 Å². The van der Waals surface area contributed by atoms with Crippen molar-refractivity contribution in [3.8, 4) is 0 Å². The maximum atomic E-state index is 11.3. The number of hydrogen-bond donors (Lipinski definition) is 2. The molecule has 1 aliphatic rings. The first-order chi connectivity index (χ1) is 7.15. The minimum Gasteiger partial charge on any atom is -0.481 e. The average Bonchev–Trinajstić information content (AvgIpc) is 2.09. The summed E-state index contributed by atoms with van der Waals surface area (Å²) in [6.45, 7) is 4.06. The molecule has 86 valence electrons. The number of amides is 2. The van der Waals surface area contributed by atoms with E-state index in [9.17, 15) is 9.59 Å². The van der Waals surface area contributed by atoms with Gasteiger partial charge in [0.15, 0.2) is 0 Å². The summed E-state index contributed by atoms with van der Waals surface area (Å²) in [5.41, 5.74) is 0. The highest BCUT2D eigenvalue weighted by Crippen LogP contribution is 2.14. The number of carbonyl (C=O) groups excluding carboxylic acids is 1. The van der Waals surface area contributed by atoms with Crippen LogP contribution in [-0.2, 0) is 9.53 Å². The van der Waals surface area contributed by atoms with E-state index in [4.69, 9.17) is 9.84 Å². The van der Waals surface area contributed by atoms with Gasteiger partial charge in [0, 0.05) is 26.2 Å². The normalized spacial score (nSPS) is 15.9. The van der Waals surface area contributed by atoms with Gasteiger partial charge in [-0.1, -0.05) is 0 Å². The summed E-state index contributed by atoms with van der Waals surface area (Å²) < 4.78 is 5.05. The molecule has 0 saturated carbocycles. The number of carbonyl (C=O) groups is 2. The van der Waals surface area contributed by atoms with Crippen LogP contribution in [0.3, 0.4) is 0 Å². The molecule has 1 rings (SSSR count). The van der Waals surface area contributed by atoms with E-state index in [1.807, 2.05) is 6.92 Å². The molecule has 1 aliphatic heterocycles. The fourth-order valence-corrected chi connectivity index (χ4v) is 1.29. The largest absolute Gasteiger partial charge is 0.481 e. The molecule has 0 aromatic rings. The zero-order valence-corrected chi connectivity index (χ0v) is 8.73. The Labute approximate surface area is 88.2 Å². The molecule has 0 aromatic carbocycles. The number of rotatable bonds is 5. The molecular formula is C9H16N2O4. The number of urea groups is 1. The molecule has 0 radical (unpaired) electrons. The van der Waals surface area contributed by atoms with E-state index in [0.717, 1.165) is 0 Å². The first-order valence-corrected chi connectivity index (χ1v) is 4.98. The fraction of sp³-hybridized carbons (Fsp3) is 0.778. The zero-order valence-electron chi connectivity index (χ0n) is 8.73. The van der Waals surface area contributed by atoms with E-state index in [1.54, 1.807) is 0 Å². The molecule has 1 heterocycles. The molecule has 2 amide bonds. The number of carboxylic acid groups (broad SMARTS) is 1. The zero-order chi connectivity index (χ0) is 11.3. The number of nitrogens with zero attached hydrogens (tertiary/aromatic N) is 1. The molecular weight excluding hydrogens is 200 g/mol. The van der Waals surface area contributed by atoms with Crippen LogP contribution in [-0.4, -0.2) is 54.9 Å². The third-order valence-electron chi connectivity index (χ3n) is 2.24. The standard InChI is InChI=1S/C9H16N2O4/c1-2-15-4-3-10-9(14)11-5-7(6-11)8(12)13/h7H,2-6H2,1H3,(H,10,14)(H,12,13). The summed E-state index contributed by atoms with van der Waals surface area (Å²) in [4.78, 5) is 23.3. The van der Waals surface area contributed by atoms with E-state index in [0.29, 0.717) is 32.8 Å². The Kier molecular flexibility index (Phi) is 4.36. The van der Waals surface area contributed by atoms with Crippen molar-refractivity contribution in [1.29, 1.82) is 0 Å². The van der Waals surface area contributed by atoms with Crippen molar-refractivity contribution in [2.75, 3.05) is 32.8 Å².